The molecule has 0 saturated carbocycles. The van der Waals surface area contributed by atoms with Crippen molar-refractivity contribution in [2.24, 2.45) is 11.8 Å². The van der Waals surface area contributed by atoms with Crippen LogP contribution >= 0.6 is 0 Å². The van der Waals surface area contributed by atoms with E-state index in [0.29, 0.717) is 11.8 Å². The molecular weight excluding hydrogens is 238 g/mol. The number of carbonyl (C=O) groups is 1. The van der Waals surface area contributed by atoms with Crippen molar-refractivity contribution < 1.29 is 4.79 Å². The van der Waals surface area contributed by atoms with Gasteiger partial charge in [0.05, 0.1) is 0 Å². The van der Waals surface area contributed by atoms with E-state index in [9.17, 15) is 4.79 Å². The van der Waals surface area contributed by atoms with E-state index < -0.39 is 0 Å². The van der Waals surface area contributed by atoms with E-state index in [2.05, 4.69) is 29.1 Å². The second kappa shape index (κ2) is 7.25. The fourth-order valence-electron chi connectivity index (χ4n) is 3.22. The van der Waals surface area contributed by atoms with Crippen molar-refractivity contribution in [3.05, 3.63) is 0 Å². The lowest BCUT2D eigenvalue weighted by molar-refractivity contribution is -0.130. The maximum absolute atomic E-state index is 12.2. The van der Waals surface area contributed by atoms with Gasteiger partial charge in [-0.25, -0.2) is 0 Å². The Morgan fingerprint density at radius 3 is 2.89 bits per heavy atom. The zero-order chi connectivity index (χ0) is 13.7. The van der Waals surface area contributed by atoms with Crippen molar-refractivity contribution in [1.29, 1.82) is 0 Å². The van der Waals surface area contributed by atoms with Gasteiger partial charge >= 0.3 is 0 Å². The molecule has 2 rings (SSSR count). The Hall–Kier alpha value is -0.610. The van der Waals surface area contributed by atoms with E-state index in [1.807, 2.05) is 0 Å². The van der Waals surface area contributed by atoms with E-state index in [4.69, 9.17) is 0 Å². The number of nitrogens with one attached hydrogen (secondary N) is 1. The van der Waals surface area contributed by atoms with Crippen LogP contribution in [0.1, 0.15) is 32.6 Å². The fourth-order valence-corrected chi connectivity index (χ4v) is 3.22. The van der Waals surface area contributed by atoms with Crippen LogP contribution in [0, 0.1) is 11.8 Å². The minimum Gasteiger partial charge on any atom is -0.342 e. The molecule has 2 saturated heterocycles. The summed E-state index contributed by atoms with van der Waals surface area (Å²) < 4.78 is 0. The summed E-state index contributed by atoms with van der Waals surface area (Å²) in [5.74, 6) is 1.80. The van der Waals surface area contributed by atoms with Gasteiger partial charge in [-0.1, -0.05) is 6.92 Å². The first kappa shape index (κ1) is 14.8. The lowest BCUT2D eigenvalue weighted by Crippen LogP contribution is -2.31. The highest BCUT2D eigenvalue weighted by molar-refractivity contribution is 5.76. The lowest BCUT2D eigenvalue weighted by atomic mass is 10.0. The molecule has 1 amide bonds. The highest BCUT2D eigenvalue weighted by atomic mass is 16.2. The van der Waals surface area contributed by atoms with E-state index in [1.165, 1.54) is 12.8 Å². The molecule has 4 nitrogen and oxygen atoms in total. The van der Waals surface area contributed by atoms with Crippen LogP contribution in [0.25, 0.3) is 0 Å². The van der Waals surface area contributed by atoms with Crippen LogP contribution in [0.15, 0.2) is 0 Å². The summed E-state index contributed by atoms with van der Waals surface area (Å²) in [5.41, 5.74) is 0. The van der Waals surface area contributed by atoms with Crippen LogP contribution in [0.5, 0.6) is 0 Å². The Kier molecular flexibility index (Phi) is 5.64. The van der Waals surface area contributed by atoms with Gasteiger partial charge in [0, 0.05) is 26.1 Å². The molecule has 2 aliphatic rings. The molecule has 110 valence electrons. The van der Waals surface area contributed by atoms with E-state index in [0.717, 1.165) is 58.0 Å². The first-order valence-corrected chi connectivity index (χ1v) is 7.86. The molecule has 2 atom stereocenters. The molecule has 0 aromatic heterocycles. The van der Waals surface area contributed by atoms with Crippen molar-refractivity contribution in [1.82, 2.24) is 15.1 Å². The standard InChI is InChI=1S/C15H29N3O/c1-3-17(2)11-14-7-9-18(12-14)15(19)5-4-13-6-8-16-10-13/h13-14,16H,3-12H2,1-2H3. The van der Waals surface area contributed by atoms with Gasteiger partial charge in [-0.3, -0.25) is 4.79 Å². The zero-order valence-corrected chi connectivity index (χ0v) is 12.5. The van der Waals surface area contributed by atoms with Crippen LogP contribution in [0.3, 0.4) is 0 Å². The normalized spacial score (nSPS) is 27.4. The van der Waals surface area contributed by atoms with Crippen molar-refractivity contribution in [3.63, 3.8) is 0 Å². The third kappa shape index (κ3) is 4.46. The Morgan fingerprint density at radius 1 is 1.37 bits per heavy atom. The summed E-state index contributed by atoms with van der Waals surface area (Å²) in [6, 6.07) is 0. The summed E-state index contributed by atoms with van der Waals surface area (Å²) in [6.07, 6.45) is 4.25. The summed E-state index contributed by atoms with van der Waals surface area (Å²) in [4.78, 5) is 16.6. The molecule has 0 aromatic rings. The van der Waals surface area contributed by atoms with Crippen molar-refractivity contribution in [3.8, 4) is 0 Å². The smallest absolute Gasteiger partial charge is 0.222 e. The molecule has 4 heteroatoms. The average Bonchev–Trinajstić information content (AvgIpc) is 3.07. The quantitative estimate of drug-likeness (QED) is 0.785. The summed E-state index contributed by atoms with van der Waals surface area (Å²) in [5, 5.41) is 3.37. The van der Waals surface area contributed by atoms with Gasteiger partial charge in [0.15, 0.2) is 0 Å². The molecule has 2 fully saturated rings. The maximum atomic E-state index is 12.2. The molecule has 0 aromatic carbocycles. The van der Waals surface area contributed by atoms with Crippen LogP contribution in [-0.2, 0) is 4.79 Å². The van der Waals surface area contributed by atoms with Crippen LogP contribution in [-0.4, -0.2) is 62.0 Å². The molecule has 0 aliphatic carbocycles. The minimum atomic E-state index is 0.383. The Balaban J connectivity index is 1.66. The highest BCUT2D eigenvalue weighted by Crippen LogP contribution is 2.20. The predicted octanol–water partition coefficient (Wildman–Crippen LogP) is 1.18. The zero-order valence-electron chi connectivity index (χ0n) is 12.5. The number of amides is 1. The van der Waals surface area contributed by atoms with Gasteiger partial charge in [0.25, 0.3) is 0 Å². The van der Waals surface area contributed by atoms with Gasteiger partial charge < -0.3 is 15.1 Å². The minimum absolute atomic E-state index is 0.383. The molecule has 2 heterocycles. The third-order valence-corrected chi connectivity index (χ3v) is 4.68. The predicted molar refractivity (Wildman–Crippen MR) is 78.1 cm³/mol. The SMILES string of the molecule is CCN(C)CC1CCN(C(=O)CCC2CCNC2)C1. The molecule has 0 spiro atoms. The fraction of sp³-hybridized carbons (Fsp3) is 0.933. The van der Waals surface area contributed by atoms with Gasteiger partial charge in [0.1, 0.15) is 0 Å². The van der Waals surface area contributed by atoms with E-state index in [-0.39, 0.29) is 0 Å². The van der Waals surface area contributed by atoms with Gasteiger partial charge in [-0.15, -0.1) is 0 Å². The van der Waals surface area contributed by atoms with Crippen molar-refractivity contribution in [2.45, 2.75) is 32.6 Å². The monoisotopic (exact) mass is 267 g/mol. The number of rotatable bonds is 6. The highest BCUT2D eigenvalue weighted by Gasteiger charge is 2.27. The third-order valence-electron chi connectivity index (χ3n) is 4.68. The van der Waals surface area contributed by atoms with Crippen molar-refractivity contribution in [2.75, 3.05) is 46.3 Å². The van der Waals surface area contributed by atoms with Crippen LogP contribution < -0.4 is 5.32 Å². The number of carbonyl (C=O) groups excluding carboxylic acids is 1. The molecule has 0 radical (unpaired) electrons. The molecule has 2 unspecified atom stereocenters. The number of nitrogens with zero attached hydrogens (tertiary/aromatic N) is 2. The number of hydrogen-bond donors (Lipinski definition) is 1. The largest absolute Gasteiger partial charge is 0.342 e. The molecule has 2 aliphatic heterocycles. The van der Waals surface area contributed by atoms with Crippen LogP contribution in [0.4, 0.5) is 0 Å². The van der Waals surface area contributed by atoms with Gasteiger partial charge in [-0.2, -0.15) is 0 Å². The topological polar surface area (TPSA) is 35.6 Å². The van der Waals surface area contributed by atoms with E-state index >= 15 is 0 Å². The molecule has 19 heavy (non-hydrogen) atoms. The lowest BCUT2D eigenvalue weighted by Gasteiger charge is -2.20. The second-order valence-electron chi connectivity index (χ2n) is 6.25. The number of hydrogen-bond acceptors (Lipinski definition) is 3. The first-order valence-electron chi connectivity index (χ1n) is 7.86. The molecule has 1 N–H and O–H groups in total. The van der Waals surface area contributed by atoms with E-state index in [1.54, 1.807) is 0 Å². The van der Waals surface area contributed by atoms with Crippen LogP contribution in [0.2, 0.25) is 0 Å². The average molecular weight is 267 g/mol. The molecule has 0 bridgehead atoms. The van der Waals surface area contributed by atoms with Gasteiger partial charge in [0.2, 0.25) is 5.91 Å². The first-order chi connectivity index (χ1) is 9.19. The Bertz CT molecular complexity index is 289. The summed E-state index contributed by atoms with van der Waals surface area (Å²) in [6.45, 7) is 8.61. The number of likely N-dealkylation sites (tertiary alicyclic amines) is 1. The second-order valence-corrected chi connectivity index (χ2v) is 6.25. The van der Waals surface area contributed by atoms with Crippen molar-refractivity contribution >= 4 is 5.91 Å². The summed E-state index contributed by atoms with van der Waals surface area (Å²) >= 11 is 0. The summed E-state index contributed by atoms with van der Waals surface area (Å²) in [7, 11) is 2.16. The maximum Gasteiger partial charge on any atom is 0.222 e. The Labute approximate surface area is 117 Å². The molecular formula is C15H29N3O. The Morgan fingerprint density at radius 2 is 2.21 bits per heavy atom. The van der Waals surface area contributed by atoms with Gasteiger partial charge in [-0.05, 0) is 57.8 Å².